The number of nitrogens with zero attached hydrogens (tertiary/aromatic N) is 2. The van der Waals surface area contributed by atoms with Gasteiger partial charge in [-0.1, -0.05) is 32.0 Å². The zero-order chi connectivity index (χ0) is 25.3. The minimum absolute atomic E-state index is 0.0284. The van der Waals surface area contributed by atoms with E-state index in [-0.39, 0.29) is 18.1 Å². The van der Waals surface area contributed by atoms with Gasteiger partial charge in [0.15, 0.2) is 0 Å². The molecule has 0 aliphatic carbocycles. The number of rotatable bonds is 12. The summed E-state index contributed by atoms with van der Waals surface area (Å²) in [7, 11) is -2.39. The molecule has 186 valence electrons. The van der Waals surface area contributed by atoms with Crippen LogP contribution in [0.3, 0.4) is 0 Å². The number of nitrogens with one attached hydrogen (secondary N) is 1. The smallest absolute Gasteiger partial charge is 0.244 e. The van der Waals surface area contributed by atoms with Crippen LogP contribution in [0.4, 0.5) is 10.1 Å². The van der Waals surface area contributed by atoms with Gasteiger partial charge in [-0.15, -0.1) is 0 Å². The summed E-state index contributed by atoms with van der Waals surface area (Å²) in [4.78, 5) is 27.7. The van der Waals surface area contributed by atoms with Crippen molar-refractivity contribution in [3.8, 4) is 5.75 Å². The van der Waals surface area contributed by atoms with Crippen molar-refractivity contribution < 1.29 is 27.1 Å². The summed E-state index contributed by atoms with van der Waals surface area (Å²) in [5.41, 5.74) is 0.742. The summed E-state index contributed by atoms with van der Waals surface area (Å²) in [6, 6.07) is 11.3. The van der Waals surface area contributed by atoms with Crippen molar-refractivity contribution in [2.45, 2.75) is 39.3 Å². The molecule has 1 N–H and O–H groups in total. The van der Waals surface area contributed by atoms with Crippen LogP contribution < -0.4 is 14.4 Å². The van der Waals surface area contributed by atoms with E-state index in [4.69, 9.17) is 4.74 Å². The number of methoxy groups -OCH3 is 1. The Bertz CT molecular complexity index is 1090. The molecule has 0 saturated heterocycles. The lowest BCUT2D eigenvalue weighted by molar-refractivity contribution is -0.140. The summed E-state index contributed by atoms with van der Waals surface area (Å²) in [5, 5.41) is 2.81. The van der Waals surface area contributed by atoms with E-state index in [0.29, 0.717) is 24.3 Å². The SMILES string of the molecule is CCCNC(=O)C(CC)N(Cc1cccc(OC)c1)C(=O)CN(c1cccc(F)c1)S(C)(=O)=O. The number of sulfonamides is 1. The van der Waals surface area contributed by atoms with Crippen LogP contribution in [0.25, 0.3) is 0 Å². The van der Waals surface area contributed by atoms with Crippen molar-refractivity contribution in [3.63, 3.8) is 0 Å². The molecule has 1 atom stereocenters. The predicted molar refractivity (Wildman–Crippen MR) is 130 cm³/mol. The highest BCUT2D eigenvalue weighted by Gasteiger charge is 2.31. The van der Waals surface area contributed by atoms with Crippen LogP contribution in [0.15, 0.2) is 48.5 Å². The Kier molecular flexibility index (Phi) is 9.85. The van der Waals surface area contributed by atoms with E-state index in [0.717, 1.165) is 23.0 Å². The van der Waals surface area contributed by atoms with Gasteiger partial charge >= 0.3 is 0 Å². The Morgan fingerprint density at radius 3 is 2.41 bits per heavy atom. The largest absolute Gasteiger partial charge is 0.497 e. The van der Waals surface area contributed by atoms with Gasteiger partial charge in [0.1, 0.15) is 24.2 Å². The molecule has 10 heteroatoms. The van der Waals surface area contributed by atoms with Crippen molar-refractivity contribution >= 4 is 27.5 Å². The molecule has 0 spiro atoms. The molecule has 0 aliphatic rings. The molecule has 0 fully saturated rings. The summed E-state index contributed by atoms with van der Waals surface area (Å²) < 4.78 is 44.9. The van der Waals surface area contributed by atoms with E-state index in [1.165, 1.54) is 30.2 Å². The fourth-order valence-corrected chi connectivity index (χ4v) is 4.34. The fraction of sp³-hybridized carbons (Fsp3) is 0.417. The molecule has 8 nitrogen and oxygen atoms in total. The normalized spacial score (nSPS) is 12.0. The number of amides is 2. The van der Waals surface area contributed by atoms with Gasteiger partial charge in [0.2, 0.25) is 21.8 Å². The number of ether oxygens (including phenoxy) is 1. The molecule has 2 rings (SSSR count). The first kappa shape index (κ1) is 27.1. The quantitative estimate of drug-likeness (QED) is 0.491. The van der Waals surface area contributed by atoms with Crippen molar-refractivity contribution in [2.75, 3.05) is 30.8 Å². The Hall–Kier alpha value is -3.14. The first-order chi connectivity index (χ1) is 16.1. The maximum atomic E-state index is 13.8. The average molecular weight is 494 g/mol. The number of anilines is 1. The molecule has 34 heavy (non-hydrogen) atoms. The van der Waals surface area contributed by atoms with E-state index < -0.39 is 34.3 Å². The molecule has 2 amide bonds. The fourth-order valence-electron chi connectivity index (χ4n) is 3.50. The molecule has 2 aromatic rings. The maximum Gasteiger partial charge on any atom is 0.244 e. The minimum atomic E-state index is -3.92. The summed E-state index contributed by atoms with van der Waals surface area (Å²) in [5.74, 6) is -0.948. The second-order valence-electron chi connectivity index (χ2n) is 7.84. The van der Waals surface area contributed by atoms with Crippen LogP contribution in [0.2, 0.25) is 0 Å². The molecule has 0 radical (unpaired) electrons. The molecular formula is C24H32FN3O5S. The van der Waals surface area contributed by atoms with E-state index >= 15 is 0 Å². The third-order valence-electron chi connectivity index (χ3n) is 5.20. The summed E-state index contributed by atoms with van der Waals surface area (Å²) in [6.07, 6.45) is 2.00. The number of carbonyl (C=O) groups excluding carboxylic acids is 2. The first-order valence-corrected chi connectivity index (χ1v) is 12.9. The van der Waals surface area contributed by atoms with Gasteiger partial charge < -0.3 is 15.0 Å². The summed E-state index contributed by atoms with van der Waals surface area (Å²) >= 11 is 0. The second-order valence-corrected chi connectivity index (χ2v) is 9.74. The van der Waals surface area contributed by atoms with Crippen LogP contribution in [0, 0.1) is 5.82 Å². The number of hydrogen-bond donors (Lipinski definition) is 1. The second kappa shape index (κ2) is 12.4. The lowest BCUT2D eigenvalue weighted by Crippen LogP contribution is -2.52. The Balaban J connectivity index is 2.43. The average Bonchev–Trinajstić information content (AvgIpc) is 2.80. The van der Waals surface area contributed by atoms with E-state index in [1.54, 1.807) is 31.2 Å². The number of halogens is 1. The molecular weight excluding hydrogens is 461 g/mol. The zero-order valence-corrected chi connectivity index (χ0v) is 20.8. The van der Waals surface area contributed by atoms with Crippen LogP contribution in [0.5, 0.6) is 5.75 Å². The number of benzene rings is 2. The van der Waals surface area contributed by atoms with E-state index in [9.17, 15) is 22.4 Å². The van der Waals surface area contributed by atoms with Crippen molar-refractivity contribution in [1.82, 2.24) is 10.2 Å². The van der Waals surface area contributed by atoms with Crippen LogP contribution in [0.1, 0.15) is 32.3 Å². The van der Waals surface area contributed by atoms with Crippen molar-refractivity contribution in [1.29, 1.82) is 0 Å². The van der Waals surface area contributed by atoms with Gasteiger partial charge in [-0.2, -0.15) is 0 Å². The molecule has 1 unspecified atom stereocenters. The van der Waals surface area contributed by atoms with E-state index in [1.807, 2.05) is 6.92 Å². The molecule has 0 aromatic heterocycles. The van der Waals surface area contributed by atoms with Crippen LogP contribution >= 0.6 is 0 Å². The topological polar surface area (TPSA) is 96.0 Å². The van der Waals surface area contributed by atoms with E-state index in [2.05, 4.69) is 5.32 Å². The number of carbonyl (C=O) groups is 2. The Morgan fingerprint density at radius 2 is 1.82 bits per heavy atom. The monoisotopic (exact) mass is 493 g/mol. The zero-order valence-electron chi connectivity index (χ0n) is 20.0. The maximum absolute atomic E-state index is 13.8. The highest BCUT2D eigenvalue weighted by atomic mass is 32.2. The Labute approximate surface area is 200 Å². The third kappa shape index (κ3) is 7.44. The van der Waals surface area contributed by atoms with Gasteiger partial charge in [0.05, 0.1) is 19.1 Å². The van der Waals surface area contributed by atoms with Gasteiger partial charge in [-0.25, -0.2) is 12.8 Å². The highest BCUT2D eigenvalue weighted by Crippen LogP contribution is 2.21. The van der Waals surface area contributed by atoms with Gasteiger partial charge in [-0.05, 0) is 48.7 Å². The molecule has 2 aromatic carbocycles. The molecule has 0 saturated carbocycles. The van der Waals surface area contributed by atoms with Gasteiger partial charge in [-0.3, -0.25) is 13.9 Å². The molecule has 0 heterocycles. The van der Waals surface area contributed by atoms with Crippen molar-refractivity contribution in [2.24, 2.45) is 0 Å². The number of hydrogen-bond acceptors (Lipinski definition) is 5. The third-order valence-corrected chi connectivity index (χ3v) is 6.34. The van der Waals surface area contributed by atoms with Crippen molar-refractivity contribution in [3.05, 3.63) is 59.9 Å². The van der Waals surface area contributed by atoms with Crippen LogP contribution in [-0.2, 0) is 26.2 Å². The standard InChI is InChI=1S/C24H32FN3O5S/c1-5-13-26-24(30)22(6-2)27(16-18-9-7-12-21(14-18)33-3)23(29)17-28(34(4,31)32)20-11-8-10-19(25)15-20/h7-12,14-15,22H,5-6,13,16-17H2,1-4H3,(H,26,30). The highest BCUT2D eigenvalue weighted by molar-refractivity contribution is 7.92. The first-order valence-electron chi connectivity index (χ1n) is 11.0. The molecule has 0 bridgehead atoms. The summed E-state index contributed by atoms with van der Waals surface area (Å²) in [6.45, 7) is 3.64. The minimum Gasteiger partial charge on any atom is -0.497 e. The lowest BCUT2D eigenvalue weighted by atomic mass is 10.1. The van der Waals surface area contributed by atoms with Gasteiger partial charge in [0, 0.05) is 13.1 Å². The van der Waals surface area contributed by atoms with Crippen LogP contribution in [-0.4, -0.2) is 57.6 Å². The predicted octanol–water partition coefficient (Wildman–Crippen LogP) is 2.93. The Morgan fingerprint density at radius 1 is 1.12 bits per heavy atom. The molecule has 0 aliphatic heterocycles. The van der Waals surface area contributed by atoms with Gasteiger partial charge in [0.25, 0.3) is 0 Å². The lowest BCUT2D eigenvalue weighted by Gasteiger charge is -2.33.